The zero-order valence-electron chi connectivity index (χ0n) is 27.4. The molecule has 4 aromatic carbocycles. The van der Waals surface area contributed by atoms with Gasteiger partial charge in [-0.05, 0) is 96.5 Å². The van der Waals surface area contributed by atoms with E-state index in [0.717, 1.165) is 47.9 Å². The number of aryl methyl sites for hydroxylation is 4. The second-order valence-electron chi connectivity index (χ2n) is 9.97. The predicted molar refractivity (Wildman–Crippen MR) is 167 cm³/mol. The first kappa shape index (κ1) is 47.1. The number of hydrogen-bond acceptors (Lipinski definition) is 12. The first-order valence-corrected chi connectivity index (χ1v) is 14.7. The van der Waals surface area contributed by atoms with Gasteiger partial charge in [0.1, 0.15) is 23.0 Å². The minimum atomic E-state index is -1.34. The van der Waals surface area contributed by atoms with Gasteiger partial charge in [-0.25, -0.2) is 0 Å². The molecule has 0 aliphatic carbocycles. The van der Waals surface area contributed by atoms with Crippen LogP contribution in [0.15, 0.2) is 72.8 Å². The van der Waals surface area contributed by atoms with Gasteiger partial charge in [-0.1, -0.05) is 52.0 Å². The van der Waals surface area contributed by atoms with Crippen molar-refractivity contribution < 1.29 is 94.2 Å². The second-order valence-corrected chi connectivity index (χ2v) is 9.97. The van der Waals surface area contributed by atoms with Crippen molar-refractivity contribution in [3.05, 3.63) is 117 Å². The molecule has 4 rings (SSSR count). The normalized spacial score (nSPS) is 9.36. The van der Waals surface area contributed by atoms with Crippen LogP contribution in [0.3, 0.4) is 0 Å². The molecule has 0 heterocycles. The van der Waals surface area contributed by atoms with Gasteiger partial charge in [0, 0.05) is 22.3 Å². The summed E-state index contributed by atoms with van der Waals surface area (Å²) >= 11 is 0. The average Bonchev–Trinajstić information content (AvgIpc) is 3.06. The molecule has 274 valence electrons. The second kappa shape index (κ2) is 23.4. The van der Waals surface area contributed by atoms with Crippen LogP contribution in [0.1, 0.15) is 91.4 Å². The fourth-order valence-corrected chi connectivity index (χ4v) is 3.87. The fourth-order valence-electron chi connectivity index (χ4n) is 3.87. The number of rotatable bonds is 8. The van der Waals surface area contributed by atoms with Gasteiger partial charge in [0.2, 0.25) is 0 Å². The molecule has 0 saturated carbocycles. The number of benzene rings is 4. The quantitative estimate of drug-likeness (QED) is 0.185. The van der Waals surface area contributed by atoms with Crippen LogP contribution in [0.2, 0.25) is 0 Å². The van der Waals surface area contributed by atoms with Gasteiger partial charge in [0.25, 0.3) is 0 Å². The Hall–Kier alpha value is -5.00. The number of carboxylic acid groups (broad SMARTS) is 4. The van der Waals surface area contributed by atoms with Gasteiger partial charge in [-0.3, -0.25) is 0 Å². The molecule has 4 N–H and O–H groups in total. The summed E-state index contributed by atoms with van der Waals surface area (Å²) < 4.78 is 0. The maximum absolute atomic E-state index is 10.4. The van der Waals surface area contributed by atoms with E-state index in [1.807, 2.05) is 27.7 Å². The third-order valence-corrected chi connectivity index (χ3v) is 6.76. The summed E-state index contributed by atoms with van der Waals surface area (Å²) in [6.07, 6.45) is 2.95. The van der Waals surface area contributed by atoms with Crippen LogP contribution in [0.25, 0.3) is 0 Å². The molecule has 2 radical (unpaired) electrons. The molecule has 4 aromatic rings. The Kier molecular flexibility index (Phi) is 22.0. The topological polar surface area (TPSA) is 241 Å². The summed E-state index contributed by atoms with van der Waals surface area (Å²) in [6, 6.07) is 17.9. The molecule has 0 aromatic heterocycles. The SMILES string of the molecule is CCc1ccc(O)c(C(=O)[O-])c1.CCc1ccc(O)c(C(=O)[O-])c1.CCc1ccc(O)c(C(=O)[O-])c1.CCc1ccc(O)c(C(=O)[O-])c1.[Cu+2].[Cu+2]. The molecule has 14 heteroatoms. The third-order valence-electron chi connectivity index (χ3n) is 6.76. The minimum absolute atomic E-state index is 0. The molecule has 0 atom stereocenters. The summed E-state index contributed by atoms with van der Waals surface area (Å²) in [6.45, 7) is 7.63. The van der Waals surface area contributed by atoms with E-state index < -0.39 is 23.9 Å². The molecule has 12 nitrogen and oxygen atoms in total. The van der Waals surface area contributed by atoms with E-state index in [4.69, 9.17) is 20.4 Å². The molecule has 0 aliphatic rings. The Labute approximate surface area is 310 Å². The van der Waals surface area contributed by atoms with Gasteiger partial charge in [-0.15, -0.1) is 0 Å². The number of aromatic hydroxyl groups is 4. The number of aromatic carboxylic acids is 4. The summed E-state index contributed by atoms with van der Waals surface area (Å²) in [5.74, 6) is -6.35. The van der Waals surface area contributed by atoms with Gasteiger partial charge < -0.3 is 60.0 Å². The smallest absolute Gasteiger partial charge is 0.545 e. The number of hydrogen-bond donors (Lipinski definition) is 4. The van der Waals surface area contributed by atoms with Crippen LogP contribution in [-0.2, 0) is 59.8 Å². The minimum Gasteiger partial charge on any atom is -0.545 e. The largest absolute Gasteiger partial charge is 2.00 e. The Bertz CT molecular complexity index is 1480. The molecular formula is C36H36Cu2O12. The molecular weight excluding hydrogens is 751 g/mol. The van der Waals surface area contributed by atoms with Crippen LogP contribution in [0.4, 0.5) is 0 Å². The van der Waals surface area contributed by atoms with E-state index in [9.17, 15) is 39.6 Å². The molecule has 0 saturated heterocycles. The molecule has 50 heavy (non-hydrogen) atoms. The number of carbonyl (C=O) groups excluding carboxylic acids is 4. The zero-order valence-corrected chi connectivity index (χ0v) is 29.3. The van der Waals surface area contributed by atoms with Crippen molar-refractivity contribution in [1.82, 2.24) is 0 Å². The maximum atomic E-state index is 10.4. The van der Waals surface area contributed by atoms with Crippen molar-refractivity contribution in [3.8, 4) is 23.0 Å². The Morgan fingerprint density at radius 3 is 0.680 bits per heavy atom. The van der Waals surface area contributed by atoms with Gasteiger partial charge in [-0.2, -0.15) is 0 Å². The molecule has 0 amide bonds. The van der Waals surface area contributed by atoms with E-state index in [1.165, 1.54) is 48.5 Å². The summed E-state index contributed by atoms with van der Waals surface area (Å²) in [5.41, 5.74) is 2.89. The van der Waals surface area contributed by atoms with Crippen LogP contribution >= 0.6 is 0 Å². The summed E-state index contributed by atoms with van der Waals surface area (Å²) in [4.78, 5) is 41.7. The first-order valence-electron chi connectivity index (χ1n) is 14.7. The molecule has 0 unspecified atom stereocenters. The summed E-state index contributed by atoms with van der Waals surface area (Å²) in [5, 5.41) is 78.0. The molecule has 0 spiro atoms. The van der Waals surface area contributed by atoms with E-state index >= 15 is 0 Å². The average molecular weight is 788 g/mol. The van der Waals surface area contributed by atoms with Crippen LogP contribution in [0, 0.1) is 0 Å². The molecule has 0 bridgehead atoms. The maximum Gasteiger partial charge on any atom is 2.00 e. The monoisotopic (exact) mass is 786 g/mol. The first-order chi connectivity index (χ1) is 22.6. The van der Waals surface area contributed by atoms with E-state index in [2.05, 4.69) is 0 Å². The summed E-state index contributed by atoms with van der Waals surface area (Å²) in [7, 11) is 0. The van der Waals surface area contributed by atoms with Gasteiger partial charge in [0.15, 0.2) is 0 Å². The van der Waals surface area contributed by atoms with Crippen molar-refractivity contribution in [1.29, 1.82) is 0 Å². The third kappa shape index (κ3) is 15.0. The number of carboxylic acids is 4. The Balaban J connectivity index is 0. The predicted octanol–water partition coefficient (Wildman–Crippen LogP) is 1.27. The molecule has 0 aliphatic heterocycles. The van der Waals surface area contributed by atoms with E-state index in [1.54, 1.807) is 24.3 Å². The van der Waals surface area contributed by atoms with E-state index in [0.29, 0.717) is 0 Å². The number of phenols is 4. The number of carbonyl (C=O) groups is 4. The van der Waals surface area contributed by atoms with Gasteiger partial charge in [0.05, 0.1) is 23.9 Å². The van der Waals surface area contributed by atoms with Crippen molar-refractivity contribution in [2.75, 3.05) is 0 Å². The standard InChI is InChI=1S/4C9H10O3.2Cu/c4*1-2-6-3-4-8(10)7(5-6)9(11)12;;/h4*3-5,10H,2H2,1H3,(H,11,12);;/q;;;;2*+2/p-4. The Morgan fingerprint density at radius 2 is 0.560 bits per heavy atom. The zero-order chi connectivity index (χ0) is 36.6. The van der Waals surface area contributed by atoms with Crippen LogP contribution < -0.4 is 20.4 Å². The van der Waals surface area contributed by atoms with Crippen molar-refractivity contribution in [2.24, 2.45) is 0 Å². The Morgan fingerprint density at radius 1 is 0.400 bits per heavy atom. The van der Waals surface area contributed by atoms with Crippen molar-refractivity contribution in [3.63, 3.8) is 0 Å². The van der Waals surface area contributed by atoms with E-state index in [-0.39, 0.29) is 79.4 Å². The fraction of sp³-hybridized carbons (Fsp3) is 0.222. The van der Waals surface area contributed by atoms with Gasteiger partial charge >= 0.3 is 34.1 Å². The van der Waals surface area contributed by atoms with Crippen LogP contribution in [0.5, 0.6) is 23.0 Å². The molecule has 0 fully saturated rings. The van der Waals surface area contributed by atoms with Crippen molar-refractivity contribution in [2.45, 2.75) is 53.4 Å². The van der Waals surface area contributed by atoms with Crippen molar-refractivity contribution >= 4 is 23.9 Å². The van der Waals surface area contributed by atoms with Crippen LogP contribution in [-0.4, -0.2) is 44.3 Å².